The van der Waals surface area contributed by atoms with Gasteiger partial charge >= 0.3 is 12.0 Å². The molecule has 0 radical (unpaired) electrons. The maximum absolute atomic E-state index is 13.2. The number of hydrogen-bond acceptors (Lipinski definition) is 4. The van der Waals surface area contributed by atoms with E-state index < -0.39 is 12.0 Å². The molecule has 3 N–H and O–H groups in total. The minimum absolute atomic E-state index is 0.0614. The molecule has 26 heavy (non-hydrogen) atoms. The first-order valence-corrected chi connectivity index (χ1v) is 8.80. The molecule has 0 fully saturated rings. The summed E-state index contributed by atoms with van der Waals surface area (Å²) in [6.45, 7) is 8.11. The van der Waals surface area contributed by atoms with Crippen molar-refractivity contribution in [2.24, 2.45) is 5.92 Å². The largest absolute Gasteiger partial charge is 0.463 e. The molecule has 6 nitrogen and oxygen atoms in total. The molecule has 7 heteroatoms. The highest BCUT2D eigenvalue weighted by molar-refractivity contribution is 5.94. The zero-order valence-corrected chi connectivity index (χ0v) is 15.6. The molecule has 1 aromatic rings. The highest BCUT2D eigenvalue weighted by atomic mass is 19.1. The minimum Gasteiger partial charge on any atom is -0.463 e. The lowest BCUT2D eigenvalue weighted by Crippen LogP contribution is -2.51. The monoisotopic (exact) mass is 363 g/mol. The summed E-state index contributed by atoms with van der Waals surface area (Å²) in [5.41, 5.74) is 1.83. The summed E-state index contributed by atoms with van der Waals surface area (Å²) in [5, 5.41) is 8.73. The first kappa shape index (κ1) is 19.9. The van der Waals surface area contributed by atoms with E-state index in [4.69, 9.17) is 4.74 Å². The lowest BCUT2D eigenvalue weighted by molar-refractivity contribution is -0.139. The van der Waals surface area contributed by atoms with Gasteiger partial charge in [0.2, 0.25) is 0 Å². The maximum atomic E-state index is 13.2. The van der Waals surface area contributed by atoms with Gasteiger partial charge in [-0.15, -0.1) is 0 Å². The van der Waals surface area contributed by atoms with Gasteiger partial charge in [-0.3, -0.25) is 0 Å². The molecule has 0 aromatic heterocycles. The Hall–Kier alpha value is -2.41. The quantitative estimate of drug-likeness (QED) is 0.651. The lowest BCUT2D eigenvalue weighted by atomic mass is 9.95. The fourth-order valence-corrected chi connectivity index (χ4v) is 3.04. The maximum Gasteiger partial charge on any atom is 0.337 e. The van der Waals surface area contributed by atoms with Gasteiger partial charge in [0.15, 0.2) is 0 Å². The smallest absolute Gasteiger partial charge is 0.337 e. The van der Waals surface area contributed by atoms with Crippen molar-refractivity contribution < 1.29 is 18.7 Å². The molecule has 2 amide bonds. The van der Waals surface area contributed by atoms with Crippen LogP contribution in [0.4, 0.5) is 9.18 Å². The molecule has 2 rings (SSSR count). The van der Waals surface area contributed by atoms with Crippen molar-refractivity contribution >= 4 is 12.0 Å². The highest BCUT2D eigenvalue weighted by Crippen LogP contribution is 2.23. The van der Waals surface area contributed by atoms with E-state index in [1.807, 2.05) is 13.8 Å². The van der Waals surface area contributed by atoms with Crippen molar-refractivity contribution in [3.8, 4) is 0 Å². The number of urea groups is 1. The van der Waals surface area contributed by atoms with Crippen LogP contribution in [-0.2, 0) is 9.53 Å². The molecule has 1 aliphatic rings. The summed E-state index contributed by atoms with van der Waals surface area (Å²) in [5.74, 6) is -0.517. The van der Waals surface area contributed by atoms with Crippen molar-refractivity contribution in [1.82, 2.24) is 16.0 Å². The molecule has 0 aliphatic carbocycles. The molecule has 0 bridgehead atoms. The van der Waals surface area contributed by atoms with E-state index >= 15 is 0 Å². The van der Waals surface area contributed by atoms with Gasteiger partial charge in [-0.1, -0.05) is 26.0 Å². The van der Waals surface area contributed by atoms with Gasteiger partial charge in [-0.25, -0.2) is 14.0 Å². The summed E-state index contributed by atoms with van der Waals surface area (Å²) in [7, 11) is 0. The average molecular weight is 363 g/mol. The molecule has 1 aromatic carbocycles. The number of carbonyl (C=O) groups excluding carboxylic acids is 2. The zero-order chi connectivity index (χ0) is 19.3. The van der Waals surface area contributed by atoms with E-state index in [1.54, 1.807) is 26.0 Å². The Kier molecular flexibility index (Phi) is 6.74. The van der Waals surface area contributed by atoms with Crippen LogP contribution in [0.1, 0.15) is 39.3 Å². The normalized spacial score (nSPS) is 18.4. The fraction of sp³-hybridized carbons (Fsp3) is 0.474. The molecular formula is C19H26FN3O3. The predicted molar refractivity (Wildman–Crippen MR) is 96.8 cm³/mol. The number of carbonyl (C=O) groups is 2. The molecule has 0 unspecified atom stereocenters. The van der Waals surface area contributed by atoms with Crippen LogP contribution in [0.2, 0.25) is 0 Å². The van der Waals surface area contributed by atoms with Crippen molar-refractivity contribution in [3.05, 3.63) is 46.9 Å². The first-order valence-electron chi connectivity index (χ1n) is 8.80. The number of rotatable bonds is 7. The molecule has 2 atom stereocenters. The van der Waals surface area contributed by atoms with Crippen LogP contribution in [-0.4, -0.2) is 31.2 Å². The van der Waals surface area contributed by atoms with Crippen LogP contribution in [0.25, 0.3) is 0 Å². The fourth-order valence-electron chi connectivity index (χ4n) is 3.04. The van der Waals surface area contributed by atoms with E-state index in [-0.39, 0.29) is 37.0 Å². The zero-order valence-electron chi connectivity index (χ0n) is 15.6. The summed E-state index contributed by atoms with van der Waals surface area (Å²) in [4.78, 5) is 24.1. The third-order valence-electron chi connectivity index (χ3n) is 4.26. The van der Waals surface area contributed by atoms with Gasteiger partial charge in [0.25, 0.3) is 0 Å². The highest BCUT2D eigenvalue weighted by Gasteiger charge is 2.30. The molecule has 0 spiro atoms. The topological polar surface area (TPSA) is 79.5 Å². The summed E-state index contributed by atoms with van der Waals surface area (Å²) < 4.78 is 18.3. The Bertz CT molecular complexity index is 686. The number of nitrogens with one attached hydrogen (secondary N) is 3. The third kappa shape index (κ3) is 4.82. The summed E-state index contributed by atoms with van der Waals surface area (Å²) >= 11 is 0. The Morgan fingerprint density at radius 3 is 2.54 bits per heavy atom. The molecule has 0 saturated heterocycles. The Morgan fingerprint density at radius 1 is 1.31 bits per heavy atom. The van der Waals surface area contributed by atoms with E-state index in [0.29, 0.717) is 11.3 Å². The van der Waals surface area contributed by atoms with Gasteiger partial charge in [-0.2, -0.15) is 0 Å². The van der Waals surface area contributed by atoms with Crippen LogP contribution in [0.3, 0.4) is 0 Å². The van der Waals surface area contributed by atoms with Crippen molar-refractivity contribution in [3.63, 3.8) is 0 Å². The van der Waals surface area contributed by atoms with Gasteiger partial charge in [0.05, 0.1) is 18.2 Å². The predicted octanol–water partition coefficient (Wildman–Crippen LogP) is 2.63. The number of ether oxygens (including phenoxy) is 1. The average Bonchev–Trinajstić information content (AvgIpc) is 2.56. The standard InChI is InChI=1S/C19H26FN3O3/c1-5-26-18(24)16-12(4)22-19(25)23-15(16)10-21-17(11(2)3)13-6-8-14(20)9-7-13/h6-9,11-12,17,21H,5,10H2,1-4H3,(H2,22,23,25)/t12-,17+/m1/s1. The van der Waals surface area contributed by atoms with E-state index in [0.717, 1.165) is 5.56 Å². The third-order valence-corrected chi connectivity index (χ3v) is 4.26. The van der Waals surface area contributed by atoms with E-state index in [1.165, 1.54) is 12.1 Å². The molecule has 1 heterocycles. The van der Waals surface area contributed by atoms with E-state index in [9.17, 15) is 14.0 Å². The lowest BCUT2D eigenvalue weighted by Gasteiger charge is -2.29. The van der Waals surface area contributed by atoms with Crippen LogP contribution in [0, 0.1) is 11.7 Å². The summed E-state index contributed by atoms with van der Waals surface area (Å²) in [6.07, 6.45) is 0. The second kappa shape index (κ2) is 8.80. The van der Waals surface area contributed by atoms with Crippen molar-refractivity contribution in [1.29, 1.82) is 0 Å². The number of hydrogen-bond donors (Lipinski definition) is 3. The second-order valence-electron chi connectivity index (χ2n) is 6.59. The summed E-state index contributed by atoms with van der Waals surface area (Å²) in [6, 6.07) is 5.45. The molecule has 1 aliphatic heterocycles. The van der Waals surface area contributed by atoms with E-state index in [2.05, 4.69) is 16.0 Å². The van der Waals surface area contributed by atoms with Crippen LogP contribution < -0.4 is 16.0 Å². The molecular weight excluding hydrogens is 337 g/mol. The van der Waals surface area contributed by atoms with Gasteiger partial charge in [0.1, 0.15) is 5.82 Å². The molecule has 0 saturated carbocycles. The van der Waals surface area contributed by atoms with Crippen LogP contribution in [0.15, 0.2) is 35.5 Å². The van der Waals surface area contributed by atoms with Gasteiger partial charge < -0.3 is 20.7 Å². The number of halogens is 1. The molecule has 142 valence electrons. The Balaban J connectivity index is 2.23. The number of benzene rings is 1. The van der Waals surface area contributed by atoms with Crippen molar-refractivity contribution in [2.75, 3.05) is 13.2 Å². The Morgan fingerprint density at radius 2 is 1.96 bits per heavy atom. The minimum atomic E-state index is -0.452. The first-order chi connectivity index (χ1) is 12.3. The number of amides is 2. The van der Waals surface area contributed by atoms with Crippen LogP contribution in [0.5, 0.6) is 0 Å². The van der Waals surface area contributed by atoms with Gasteiger partial charge in [-0.05, 0) is 37.5 Å². The number of esters is 1. The van der Waals surface area contributed by atoms with Crippen LogP contribution >= 0.6 is 0 Å². The van der Waals surface area contributed by atoms with Gasteiger partial charge in [0, 0.05) is 18.3 Å². The SMILES string of the molecule is CCOC(=O)C1=C(CN[C@H](c2ccc(F)cc2)C(C)C)NC(=O)N[C@@H]1C. The Labute approximate surface area is 153 Å². The van der Waals surface area contributed by atoms with Crippen molar-refractivity contribution in [2.45, 2.75) is 39.8 Å². The second-order valence-corrected chi connectivity index (χ2v) is 6.59.